The van der Waals surface area contributed by atoms with Gasteiger partial charge in [0.2, 0.25) is 0 Å². The Labute approximate surface area is 71.1 Å². The van der Waals surface area contributed by atoms with Crippen LogP contribution in [0.2, 0.25) is 0 Å². The van der Waals surface area contributed by atoms with Crippen LogP contribution in [0, 0.1) is 11.3 Å². The molecule has 3 heteroatoms. The van der Waals surface area contributed by atoms with Crippen LogP contribution in [0.5, 0.6) is 0 Å². The minimum Gasteiger partial charge on any atom is -0.258 e. The molecule has 2 unspecified atom stereocenters. The Morgan fingerprint density at radius 2 is 2.18 bits per heavy atom. The maximum Gasteiger partial charge on any atom is 0.119 e. The molecule has 0 saturated carbocycles. The highest BCUT2D eigenvalue weighted by Crippen LogP contribution is 2.00. The van der Waals surface area contributed by atoms with Crippen molar-refractivity contribution in [1.82, 2.24) is 0 Å². The van der Waals surface area contributed by atoms with Gasteiger partial charge in [0.25, 0.3) is 0 Å². The fourth-order valence-corrected chi connectivity index (χ4v) is 1.69. The van der Waals surface area contributed by atoms with Crippen LogP contribution in [0.15, 0.2) is 0 Å². The molecule has 0 amide bonds. The monoisotopic (exact) mass is 173 g/mol. The third-order valence-corrected chi connectivity index (χ3v) is 3.11. The van der Waals surface area contributed by atoms with E-state index in [2.05, 4.69) is 6.92 Å². The molecular formula is C8H15NOS. The molecule has 0 N–H and O–H groups in total. The summed E-state index contributed by atoms with van der Waals surface area (Å²) in [6.07, 6.45) is 3.23. The Balaban J connectivity index is 3.46. The zero-order valence-corrected chi connectivity index (χ0v) is 7.99. The van der Waals surface area contributed by atoms with Gasteiger partial charge < -0.3 is 0 Å². The highest BCUT2D eigenvalue weighted by Gasteiger charge is 2.07. The third kappa shape index (κ3) is 4.97. The van der Waals surface area contributed by atoms with Gasteiger partial charge in [-0.05, 0) is 13.3 Å². The Bertz CT molecular complexity index is 162. The summed E-state index contributed by atoms with van der Waals surface area (Å²) in [7, 11) is -0.927. The first kappa shape index (κ1) is 10.6. The number of hydrogen-bond acceptors (Lipinski definition) is 2. The Morgan fingerprint density at radius 1 is 1.55 bits per heavy atom. The second-order valence-electron chi connectivity index (χ2n) is 2.56. The van der Waals surface area contributed by atoms with Crippen LogP contribution in [0.4, 0.5) is 0 Å². The normalized spacial score (nSPS) is 15.4. The van der Waals surface area contributed by atoms with E-state index in [0.29, 0.717) is 5.75 Å². The Morgan fingerprint density at radius 3 is 2.64 bits per heavy atom. The van der Waals surface area contributed by atoms with Gasteiger partial charge >= 0.3 is 0 Å². The van der Waals surface area contributed by atoms with Crippen LogP contribution in [-0.4, -0.2) is 15.2 Å². The van der Waals surface area contributed by atoms with Gasteiger partial charge in [-0.3, -0.25) is 4.21 Å². The zero-order chi connectivity index (χ0) is 8.69. The van der Waals surface area contributed by atoms with Gasteiger partial charge in [0.15, 0.2) is 0 Å². The fourth-order valence-electron chi connectivity index (χ4n) is 0.730. The summed E-state index contributed by atoms with van der Waals surface area (Å²) in [5.74, 6) is 0.683. The maximum absolute atomic E-state index is 11.1. The molecule has 0 aliphatic carbocycles. The molecule has 0 aromatic rings. The molecule has 0 heterocycles. The molecule has 0 aliphatic heterocycles. The molecule has 0 saturated heterocycles. The average molecular weight is 173 g/mol. The Kier molecular flexibility index (Phi) is 6.15. The molecule has 0 fully saturated rings. The largest absolute Gasteiger partial charge is 0.258 e. The predicted octanol–water partition coefficient (Wildman–Crippen LogP) is 1.84. The molecule has 0 bridgehead atoms. The molecule has 0 aliphatic rings. The topological polar surface area (TPSA) is 40.9 Å². The van der Waals surface area contributed by atoms with Crippen LogP contribution in [-0.2, 0) is 10.8 Å². The SMILES string of the molecule is CCCCCS(=O)C(C)C#N. The minimum atomic E-state index is -0.927. The van der Waals surface area contributed by atoms with Crippen LogP contribution in [0.1, 0.15) is 33.1 Å². The zero-order valence-electron chi connectivity index (χ0n) is 7.17. The van der Waals surface area contributed by atoms with Crippen molar-refractivity contribution in [2.24, 2.45) is 0 Å². The fraction of sp³-hybridized carbons (Fsp3) is 0.875. The van der Waals surface area contributed by atoms with E-state index in [9.17, 15) is 4.21 Å². The van der Waals surface area contributed by atoms with Gasteiger partial charge in [0.1, 0.15) is 5.25 Å². The molecule has 11 heavy (non-hydrogen) atoms. The lowest BCUT2D eigenvalue weighted by Crippen LogP contribution is -2.11. The third-order valence-electron chi connectivity index (χ3n) is 1.53. The molecule has 2 atom stereocenters. The first-order valence-electron chi connectivity index (χ1n) is 3.99. The van der Waals surface area contributed by atoms with Crippen molar-refractivity contribution in [2.45, 2.75) is 38.4 Å². The number of nitrogens with zero attached hydrogens (tertiary/aromatic N) is 1. The molecule has 0 aromatic carbocycles. The van der Waals surface area contributed by atoms with E-state index in [1.165, 1.54) is 0 Å². The summed E-state index contributed by atoms with van der Waals surface area (Å²) in [6.45, 7) is 3.82. The predicted molar refractivity (Wildman–Crippen MR) is 47.6 cm³/mol. The minimum absolute atomic E-state index is 0.299. The number of hydrogen-bond donors (Lipinski definition) is 0. The van der Waals surface area contributed by atoms with Crippen molar-refractivity contribution in [3.63, 3.8) is 0 Å². The van der Waals surface area contributed by atoms with E-state index < -0.39 is 10.8 Å². The highest BCUT2D eigenvalue weighted by atomic mass is 32.2. The van der Waals surface area contributed by atoms with E-state index in [-0.39, 0.29) is 5.25 Å². The highest BCUT2D eigenvalue weighted by molar-refractivity contribution is 7.85. The van der Waals surface area contributed by atoms with E-state index in [1.54, 1.807) is 6.92 Å². The van der Waals surface area contributed by atoms with Crippen molar-refractivity contribution in [3.05, 3.63) is 0 Å². The first-order chi connectivity index (χ1) is 5.22. The maximum atomic E-state index is 11.1. The molecule has 64 valence electrons. The molecular weight excluding hydrogens is 158 g/mol. The summed E-state index contributed by atoms with van der Waals surface area (Å²) in [4.78, 5) is 0. The summed E-state index contributed by atoms with van der Waals surface area (Å²) in [5.41, 5.74) is 0. The second-order valence-corrected chi connectivity index (χ2v) is 4.44. The van der Waals surface area contributed by atoms with Gasteiger partial charge in [0.05, 0.1) is 6.07 Å². The van der Waals surface area contributed by atoms with E-state index in [4.69, 9.17) is 5.26 Å². The smallest absolute Gasteiger partial charge is 0.119 e. The molecule has 0 rings (SSSR count). The first-order valence-corrected chi connectivity index (χ1v) is 5.37. The van der Waals surface area contributed by atoms with Crippen LogP contribution >= 0.6 is 0 Å². The van der Waals surface area contributed by atoms with Crippen molar-refractivity contribution < 1.29 is 4.21 Å². The van der Waals surface area contributed by atoms with E-state index in [0.717, 1.165) is 19.3 Å². The van der Waals surface area contributed by atoms with Crippen molar-refractivity contribution in [3.8, 4) is 6.07 Å². The number of unbranched alkanes of at least 4 members (excludes halogenated alkanes) is 2. The van der Waals surface area contributed by atoms with Crippen molar-refractivity contribution >= 4 is 10.8 Å². The van der Waals surface area contributed by atoms with Gasteiger partial charge in [-0.25, -0.2) is 0 Å². The molecule has 0 radical (unpaired) electrons. The van der Waals surface area contributed by atoms with Crippen molar-refractivity contribution in [2.75, 3.05) is 5.75 Å². The summed E-state index contributed by atoms with van der Waals surface area (Å²) in [5, 5.41) is 8.12. The van der Waals surface area contributed by atoms with E-state index in [1.807, 2.05) is 6.07 Å². The number of rotatable bonds is 5. The van der Waals surface area contributed by atoms with Gasteiger partial charge in [-0.1, -0.05) is 19.8 Å². The molecule has 0 aromatic heterocycles. The quantitative estimate of drug-likeness (QED) is 0.595. The molecule has 0 spiro atoms. The summed E-state index contributed by atoms with van der Waals surface area (Å²) >= 11 is 0. The molecule has 2 nitrogen and oxygen atoms in total. The van der Waals surface area contributed by atoms with Crippen LogP contribution in [0.3, 0.4) is 0 Å². The van der Waals surface area contributed by atoms with E-state index >= 15 is 0 Å². The lowest BCUT2D eigenvalue weighted by atomic mass is 10.3. The summed E-state index contributed by atoms with van der Waals surface area (Å²) in [6, 6.07) is 1.99. The standard InChI is InChI=1S/C8H15NOS/c1-3-4-5-6-11(10)8(2)7-9/h8H,3-6H2,1-2H3. The number of nitriles is 1. The summed E-state index contributed by atoms with van der Waals surface area (Å²) < 4.78 is 11.1. The average Bonchev–Trinajstić information content (AvgIpc) is 2.03. The van der Waals surface area contributed by atoms with Gasteiger partial charge in [0, 0.05) is 16.6 Å². The van der Waals surface area contributed by atoms with Crippen LogP contribution in [0.25, 0.3) is 0 Å². The van der Waals surface area contributed by atoms with Gasteiger partial charge in [-0.15, -0.1) is 0 Å². The lowest BCUT2D eigenvalue weighted by Gasteiger charge is -2.01. The van der Waals surface area contributed by atoms with Crippen LogP contribution < -0.4 is 0 Å². The van der Waals surface area contributed by atoms with Crippen molar-refractivity contribution in [1.29, 1.82) is 5.26 Å². The lowest BCUT2D eigenvalue weighted by molar-refractivity contribution is 0.673. The van der Waals surface area contributed by atoms with Gasteiger partial charge in [-0.2, -0.15) is 5.26 Å². The Hall–Kier alpha value is -0.360. The second kappa shape index (κ2) is 6.36.